The maximum Gasteiger partial charge on any atom is 0.253 e. The first kappa shape index (κ1) is 47.6. The summed E-state index contributed by atoms with van der Waals surface area (Å²) in [6.07, 6.45) is 4.31. The predicted molar refractivity (Wildman–Crippen MR) is 223 cm³/mol. The van der Waals surface area contributed by atoms with Gasteiger partial charge in [-0.15, -0.1) is 0 Å². The molecule has 4 heterocycles. The lowest BCUT2D eigenvalue weighted by molar-refractivity contribution is -0.308. The van der Waals surface area contributed by atoms with Gasteiger partial charge < -0.3 is 39.1 Å². The molecule has 13 nitrogen and oxygen atoms in total. The van der Waals surface area contributed by atoms with E-state index < -0.39 is 6.29 Å². The normalized spacial score (nSPS) is 40.5. The van der Waals surface area contributed by atoms with E-state index in [-0.39, 0.29) is 128 Å². The molecule has 2 N–H and O–H groups in total. The lowest BCUT2D eigenvalue weighted by atomic mass is 9.76. The fourth-order valence-corrected chi connectivity index (χ4v) is 9.93. The molecule has 0 aromatic heterocycles. The van der Waals surface area contributed by atoms with Crippen LogP contribution in [0.5, 0.6) is 0 Å². The average molecular weight is 832 g/mol. The van der Waals surface area contributed by atoms with Crippen LogP contribution in [-0.4, -0.2) is 97.7 Å². The minimum Gasteiger partial charge on any atom is -0.350 e. The fraction of sp³-hybridized carbons (Fsp3) is 0.870. The summed E-state index contributed by atoms with van der Waals surface area (Å²) in [6, 6.07) is -0.189. The molecule has 1 saturated carbocycles. The summed E-state index contributed by atoms with van der Waals surface area (Å²) in [5.74, 6) is 1.08. The highest BCUT2D eigenvalue weighted by Gasteiger charge is 2.47. The van der Waals surface area contributed by atoms with Gasteiger partial charge in [0.15, 0.2) is 18.9 Å². The largest absolute Gasteiger partial charge is 0.350 e. The van der Waals surface area contributed by atoms with Crippen LogP contribution in [0.4, 0.5) is 0 Å². The molecule has 336 valence electrons. The zero-order valence-corrected chi connectivity index (χ0v) is 38.0. The van der Waals surface area contributed by atoms with Crippen molar-refractivity contribution in [1.82, 2.24) is 15.5 Å². The van der Waals surface area contributed by atoms with Crippen molar-refractivity contribution in [2.24, 2.45) is 65.1 Å². The Labute approximate surface area is 354 Å². The molecule has 0 radical (unpaired) electrons. The molecule has 13 heteroatoms. The van der Waals surface area contributed by atoms with Gasteiger partial charge in [-0.05, 0) is 87.4 Å². The molecular weight excluding hydrogens is 755 g/mol. The van der Waals surface area contributed by atoms with Gasteiger partial charge in [-0.25, -0.2) is 0 Å². The highest BCUT2D eigenvalue weighted by Crippen LogP contribution is 2.42. The monoisotopic (exact) mass is 832 g/mol. The number of amides is 4. The van der Waals surface area contributed by atoms with Crippen molar-refractivity contribution in [3.05, 3.63) is 12.2 Å². The minimum atomic E-state index is -0.692. The van der Waals surface area contributed by atoms with E-state index in [1.807, 2.05) is 13.8 Å². The molecule has 1 aliphatic carbocycles. The van der Waals surface area contributed by atoms with E-state index in [0.29, 0.717) is 56.0 Å². The third-order valence-corrected chi connectivity index (χ3v) is 14.9. The number of rotatable bonds is 16. The fourth-order valence-electron chi connectivity index (χ4n) is 9.93. The molecular formula is C46H77N3O10. The Kier molecular flexibility index (Phi) is 17.0. The van der Waals surface area contributed by atoms with Crippen molar-refractivity contribution < 1.29 is 47.6 Å². The van der Waals surface area contributed by atoms with Gasteiger partial charge in [-0.1, -0.05) is 69.2 Å². The summed E-state index contributed by atoms with van der Waals surface area (Å²) < 4.78 is 39.4. The Morgan fingerprint density at radius 3 is 1.75 bits per heavy atom. The van der Waals surface area contributed by atoms with Crippen LogP contribution in [0.2, 0.25) is 0 Å². The molecule has 59 heavy (non-hydrogen) atoms. The van der Waals surface area contributed by atoms with Gasteiger partial charge in [0.05, 0.1) is 44.3 Å². The smallest absolute Gasteiger partial charge is 0.253 e. The van der Waals surface area contributed by atoms with Gasteiger partial charge in [-0.2, -0.15) is 0 Å². The second-order valence-electron chi connectivity index (χ2n) is 19.6. The van der Waals surface area contributed by atoms with Crippen molar-refractivity contribution in [3.8, 4) is 0 Å². The molecule has 3 saturated heterocycles. The zero-order valence-electron chi connectivity index (χ0n) is 38.0. The number of hydrogen-bond donors (Lipinski definition) is 2. The van der Waals surface area contributed by atoms with E-state index in [1.165, 1.54) is 17.1 Å². The first-order valence-corrected chi connectivity index (χ1v) is 22.8. The van der Waals surface area contributed by atoms with Crippen molar-refractivity contribution in [3.63, 3.8) is 0 Å². The molecule has 0 aromatic carbocycles. The Bertz CT molecular complexity index is 1430. The Morgan fingerprint density at radius 1 is 0.661 bits per heavy atom. The quantitative estimate of drug-likeness (QED) is 0.132. The van der Waals surface area contributed by atoms with E-state index in [9.17, 15) is 19.2 Å². The van der Waals surface area contributed by atoms with Crippen molar-refractivity contribution in [2.75, 3.05) is 19.9 Å². The lowest BCUT2D eigenvalue weighted by Crippen LogP contribution is -2.53. The number of hydrogen-bond acceptors (Lipinski definition) is 10. The van der Waals surface area contributed by atoms with E-state index in [1.54, 1.807) is 0 Å². The maximum atomic E-state index is 13.6. The second kappa shape index (κ2) is 21.1. The summed E-state index contributed by atoms with van der Waals surface area (Å²) in [5.41, 5.74) is 0. The molecule has 15 atom stereocenters. The Balaban J connectivity index is 1.20. The highest BCUT2D eigenvalue weighted by atomic mass is 16.7. The molecule has 0 spiro atoms. The number of ether oxygens (including phenoxy) is 6. The van der Waals surface area contributed by atoms with Crippen LogP contribution in [0, 0.1) is 65.1 Å². The van der Waals surface area contributed by atoms with Crippen LogP contribution >= 0.6 is 0 Å². The van der Waals surface area contributed by atoms with Gasteiger partial charge in [0.1, 0.15) is 0 Å². The number of carbonyl (C=O) groups excluding carboxylic acids is 4. The topological polar surface area (TPSA) is 151 Å². The van der Waals surface area contributed by atoms with E-state index in [2.05, 4.69) is 79.9 Å². The summed E-state index contributed by atoms with van der Waals surface area (Å²) >= 11 is 0. The number of nitrogens with one attached hydrogen (secondary N) is 2. The van der Waals surface area contributed by atoms with Crippen LogP contribution < -0.4 is 10.6 Å². The zero-order chi connectivity index (χ0) is 43.3. The third kappa shape index (κ3) is 11.7. The number of carbonyl (C=O) groups is 4. The third-order valence-electron chi connectivity index (χ3n) is 14.9. The molecule has 0 bridgehead atoms. The summed E-state index contributed by atoms with van der Waals surface area (Å²) in [6.45, 7) is 26.9. The van der Waals surface area contributed by atoms with Gasteiger partial charge in [-0.3, -0.25) is 24.1 Å². The molecule has 6 unspecified atom stereocenters. The SMILES string of the molecule is CC(C)CC1O[C@@H](OCC2O[C@@H](OCC3O[C@@H](OC(C)C)C(C)[C@H](C)[C@@H]3C)C(CC(=O)NCNC(=O)C3CCC(N4C(=O)C=CC4=O)CC3)[C@H](C)[C@@H]2C)C(C)[C@H](C)[C@@H]1C. The second-order valence-corrected chi connectivity index (χ2v) is 19.6. The standard InChI is InChI=1S/C46H77N3O10/c1-24(2)19-37-29(8)26(5)32(11)44(57-37)54-21-39-31(10)28(7)36(46(59-39)55-22-38-30(9)27(6)33(12)45(58-38)56-25(3)4)20-40(50)47-23-48-43(53)34-13-15-35(16-14-34)49-41(51)17-18-42(49)52/h17-18,24-39,44-46H,13-16,19-23H2,1-12H3,(H,47,50)(H,48,53)/t26-,27-,28-,29+,30+,31+,32?,33?,34?,35?,36?,37?,38?,39?,44-,45-,46-/m1/s1. The first-order valence-electron chi connectivity index (χ1n) is 22.8. The van der Waals surface area contributed by atoms with Gasteiger partial charge in [0.2, 0.25) is 11.8 Å². The van der Waals surface area contributed by atoms with E-state index in [4.69, 9.17) is 28.4 Å². The molecule has 4 amide bonds. The minimum absolute atomic E-state index is 0.000724. The molecule has 4 aliphatic heterocycles. The average Bonchev–Trinajstić information content (AvgIpc) is 3.53. The van der Waals surface area contributed by atoms with Gasteiger partial charge >= 0.3 is 0 Å². The molecule has 4 fully saturated rings. The Morgan fingerprint density at radius 2 is 1.17 bits per heavy atom. The van der Waals surface area contributed by atoms with Crippen LogP contribution in [0.3, 0.4) is 0 Å². The van der Waals surface area contributed by atoms with Crippen molar-refractivity contribution >= 4 is 23.6 Å². The molecule has 5 rings (SSSR count). The van der Waals surface area contributed by atoms with Crippen molar-refractivity contribution in [2.45, 2.75) is 171 Å². The highest BCUT2D eigenvalue weighted by molar-refractivity contribution is 6.13. The maximum absolute atomic E-state index is 13.6. The summed E-state index contributed by atoms with van der Waals surface area (Å²) in [4.78, 5) is 52.2. The van der Waals surface area contributed by atoms with Crippen LogP contribution in [0.15, 0.2) is 12.2 Å². The lowest BCUT2D eigenvalue weighted by Gasteiger charge is -2.47. The van der Waals surface area contributed by atoms with E-state index >= 15 is 0 Å². The first-order chi connectivity index (χ1) is 27.9. The Hall–Kier alpha value is -2.42. The number of imide groups is 1. The van der Waals surface area contributed by atoms with Gasteiger partial charge in [0.25, 0.3) is 11.8 Å². The van der Waals surface area contributed by atoms with Crippen LogP contribution in [-0.2, 0) is 47.6 Å². The van der Waals surface area contributed by atoms with Crippen LogP contribution in [0.25, 0.3) is 0 Å². The molecule has 0 aromatic rings. The predicted octanol–water partition coefficient (Wildman–Crippen LogP) is 6.43. The van der Waals surface area contributed by atoms with Gasteiger partial charge in [0, 0.05) is 48.3 Å². The number of nitrogens with zero attached hydrogens (tertiary/aromatic N) is 1. The van der Waals surface area contributed by atoms with Crippen LogP contribution in [0.1, 0.15) is 122 Å². The summed E-state index contributed by atoms with van der Waals surface area (Å²) in [7, 11) is 0. The van der Waals surface area contributed by atoms with E-state index in [0.717, 1.165) is 6.42 Å². The molecule has 5 aliphatic rings. The van der Waals surface area contributed by atoms with Crippen molar-refractivity contribution in [1.29, 1.82) is 0 Å². The summed E-state index contributed by atoms with van der Waals surface area (Å²) in [5, 5.41) is 5.79.